The Morgan fingerprint density at radius 1 is 1.00 bits per heavy atom. The molecule has 2 aromatic rings. The van der Waals surface area contributed by atoms with Crippen molar-refractivity contribution >= 4 is 17.4 Å². The number of rotatable bonds is 6. The number of aryl methyl sites for hydroxylation is 2. The average molecular weight is 355 g/mol. The Morgan fingerprint density at radius 2 is 1.69 bits per heavy atom. The van der Waals surface area contributed by atoms with E-state index in [1.165, 1.54) is 11.8 Å². The van der Waals surface area contributed by atoms with Gasteiger partial charge in [0.2, 0.25) is 11.7 Å². The van der Waals surface area contributed by atoms with E-state index >= 15 is 0 Å². The molecule has 0 saturated carbocycles. The molecule has 3 rings (SSSR count). The Hall–Kier alpha value is -2.44. The van der Waals surface area contributed by atoms with E-state index in [9.17, 15) is 9.59 Å². The Kier molecular flexibility index (Phi) is 5.85. The summed E-state index contributed by atoms with van der Waals surface area (Å²) in [4.78, 5) is 28.5. The van der Waals surface area contributed by atoms with Gasteiger partial charge in [-0.1, -0.05) is 6.07 Å². The molecule has 1 aromatic carbocycles. The lowest BCUT2D eigenvalue weighted by Gasteiger charge is -2.33. The van der Waals surface area contributed by atoms with Crippen molar-refractivity contribution in [1.82, 2.24) is 9.80 Å². The lowest BCUT2D eigenvalue weighted by Crippen LogP contribution is -2.49. The molecule has 1 N–H and O–H groups in total. The van der Waals surface area contributed by atoms with Crippen LogP contribution in [0.3, 0.4) is 0 Å². The first-order valence-electron chi connectivity index (χ1n) is 8.90. The number of hydrogen-bond donors (Lipinski definition) is 1. The van der Waals surface area contributed by atoms with Crippen molar-refractivity contribution in [3.05, 3.63) is 53.5 Å². The molecule has 0 unspecified atom stereocenters. The van der Waals surface area contributed by atoms with Crippen LogP contribution in [-0.2, 0) is 4.79 Å². The van der Waals surface area contributed by atoms with Gasteiger partial charge in [0.1, 0.15) is 0 Å². The molecule has 1 aliphatic rings. The van der Waals surface area contributed by atoms with Gasteiger partial charge in [0.05, 0.1) is 19.4 Å². The van der Waals surface area contributed by atoms with Gasteiger partial charge in [-0.15, -0.1) is 0 Å². The number of nitrogens with one attached hydrogen (secondary N) is 1. The van der Waals surface area contributed by atoms with Gasteiger partial charge >= 0.3 is 0 Å². The highest BCUT2D eigenvalue weighted by molar-refractivity contribution is 5.95. The number of nitrogens with zero attached hydrogens (tertiary/aromatic N) is 2. The minimum Gasteiger partial charge on any atom is -0.461 e. The zero-order valence-electron chi connectivity index (χ0n) is 15.3. The van der Waals surface area contributed by atoms with Gasteiger partial charge in [-0.05, 0) is 49.2 Å². The quantitative estimate of drug-likeness (QED) is 0.806. The van der Waals surface area contributed by atoms with Crippen LogP contribution in [0.25, 0.3) is 0 Å². The smallest absolute Gasteiger partial charge is 0.238 e. The van der Waals surface area contributed by atoms with Gasteiger partial charge in [-0.3, -0.25) is 19.4 Å². The highest BCUT2D eigenvalue weighted by Crippen LogP contribution is 2.14. The van der Waals surface area contributed by atoms with E-state index < -0.39 is 0 Å². The van der Waals surface area contributed by atoms with Crippen LogP contribution in [0.5, 0.6) is 0 Å². The average Bonchev–Trinajstić information content (AvgIpc) is 3.15. The molecule has 1 saturated heterocycles. The van der Waals surface area contributed by atoms with Crippen LogP contribution in [0, 0.1) is 13.8 Å². The molecule has 0 spiro atoms. The second-order valence-corrected chi connectivity index (χ2v) is 6.80. The van der Waals surface area contributed by atoms with Crippen molar-refractivity contribution in [3.63, 3.8) is 0 Å². The minimum absolute atomic E-state index is 0.00376. The zero-order chi connectivity index (χ0) is 18.5. The van der Waals surface area contributed by atoms with E-state index in [4.69, 9.17) is 4.42 Å². The Balaban J connectivity index is 1.42. The third-order valence-corrected chi connectivity index (χ3v) is 4.79. The summed E-state index contributed by atoms with van der Waals surface area (Å²) in [5.74, 6) is 0.393. The van der Waals surface area contributed by atoms with Crippen molar-refractivity contribution in [2.24, 2.45) is 0 Å². The van der Waals surface area contributed by atoms with Crippen molar-refractivity contribution in [3.8, 4) is 0 Å². The molecular weight excluding hydrogens is 330 g/mol. The Labute approximate surface area is 153 Å². The van der Waals surface area contributed by atoms with Gasteiger partial charge in [-0.25, -0.2) is 0 Å². The van der Waals surface area contributed by atoms with Crippen LogP contribution in [0.15, 0.2) is 41.0 Å². The normalized spacial score (nSPS) is 15.8. The van der Waals surface area contributed by atoms with Crippen molar-refractivity contribution in [2.45, 2.75) is 13.8 Å². The van der Waals surface area contributed by atoms with Crippen LogP contribution in [-0.4, -0.2) is 60.8 Å². The topological polar surface area (TPSA) is 65.8 Å². The monoisotopic (exact) mass is 355 g/mol. The maximum atomic E-state index is 12.3. The number of anilines is 1. The van der Waals surface area contributed by atoms with E-state index in [-0.39, 0.29) is 11.7 Å². The number of amides is 1. The number of piperazine rings is 1. The lowest BCUT2D eigenvalue weighted by atomic mass is 10.1. The highest BCUT2D eigenvalue weighted by atomic mass is 16.3. The molecule has 2 heterocycles. The molecule has 1 aliphatic heterocycles. The molecule has 0 atom stereocenters. The van der Waals surface area contributed by atoms with Gasteiger partial charge < -0.3 is 9.73 Å². The number of furan rings is 1. The zero-order valence-corrected chi connectivity index (χ0v) is 15.3. The van der Waals surface area contributed by atoms with Gasteiger partial charge in [-0.2, -0.15) is 0 Å². The summed E-state index contributed by atoms with van der Waals surface area (Å²) in [6.07, 6.45) is 1.51. The minimum atomic E-state index is -0.00614. The molecule has 0 aliphatic carbocycles. The van der Waals surface area contributed by atoms with Crippen LogP contribution >= 0.6 is 0 Å². The highest BCUT2D eigenvalue weighted by Gasteiger charge is 2.21. The molecule has 1 amide bonds. The molecule has 6 heteroatoms. The second kappa shape index (κ2) is 8.29. The second-order valence-electron chi connectivity index (χ2n) is 6.80. The summed E-state index contributed by atoms with van der Waals surface area (Å²) in [5.41, 5.74) is 3.21. The number of benzene rings is 1. The third kappa shape index (κ3) is 4.80. The summed E-state index contributed by atoms with van der Waals surface area (Å²) in [6.45, 7) is 7.89. The fourth-order valence-corrected chi connectivity index (χ4v) is 3.05. The molecule has 6 nitrogen and oxygen atoms in total. The van der Waals surface area contributed by atoms with Crippen LogP contribution in [0.1, 0.15) is 21.7 Å². The van der Waals surface area contributed by atoms with Crippen molar-refractivity contribution in [2.75, 3.05) is 44.6 Å². The molecule has 1 aromatic heterocycles. The Morgan fingerprint density at radius 3 is 2.31 bits per heavy atom. The summed E-state index contributed by atoms with van der Waals surface area (Å²) >= 11 is 0. The fraction of sp³-hybridized carbons (Fsp3) is 0.400. The lowest BCUT2D eigenvalue weighted by molar-refractivity contribution is -0.117. The summed E-state index contributed by atoms with van der Waals surface area (Å²) in [7, 11) is 0. The van der Waals surface area contributed by atoms with Crippen LogP contribution in [0.2, 0.25) is 0 Å². The number of carbonyl (C=O) groups excluding carboxylic acids is 2. The van der Waals surface area contributed by atoms with E-state index in [0.717, 1.165) is 37.4 Å². The largest absolute Gasteiger partial charge is 0.461 e. The third-order valence-electron chi connectivity index (χ3n) is 4.79. The molecule has 0 radical (unpaired) electrons. The van der Waals surface area contributed by atoms with E-state index in [2.05, 4.69) is 22.0 Å². The fourth-order valence-electron chi connectivity index (χ4n) is 3.05. The molecule has 138 valence electrons. The molecule has 0 bridgehead atoms. The van der Waals surface area contributed by atoms with Gasteiger partial charge in [0, 0.05) is 31.9 Å². The maximum absolute atomic E-state index is 12.3. The predicted octanol–water partition coefficient (Wildman–Crippen LogP) is 2.34. The first kappa shape index (κ1) is 18.4. The number of carbonyl (C=O) groups is 2. The van der Waals surface area contributed by atoms with E-state index in [0.29, 0.717) is 18.8 Å². The van der Waals surface area contributed by atoms with Crippen molar-refractivity contribution in [1.29, 1.82) is 0 Å². The van der Waals surface area contributed by atoms with Gasteiger partial charge in [0.15, 0.2) is 5.76 Å². The molecular formula is C20H25N3O3. The van der Waals surface area contributed by atoms with Crippen LogP contribution < -0.4 is 5.32 Å². The molecule has 26 heavy (non-hydrogen) atoms. The number of Topliss-reactive ketones (excluding diaryl/α,β-unsaturated/α-hetero) is 1. The summed E-state index contributed by atoms with van der Waals surface area (Å²) in [6, 6.07) is 9.35. The van der Waals surface area contributed by atoms with E-state index in [1.54, 1.807) is 12.1 Å². The SMILES string of the molecule is Cc1ccc(NC(=O)CN2CCN(CC(=O)c3ccco3)CC2)cc1C. The standard InChI is InChI=1S/C20H25N3O3/c1-15-5-6-17(12-16(15)2)21-20(25)14-23-9-7-22(8-10-23)13-18(24)19-4-3-11-26-19/h3-6,11-12H,7-10,13-14H2,1-2H3,(H,21,25). The van der Waals surface area contributed by atoms with Crippen LogP contribution in [0.4, 0.5) is 5.69 Å². The van der Waals surface area contributed by atoms with E-state index in [1.807, 2.05) is 25.1 Å². The van der Waals surface area contributed by atoms with Gasteiger partial charge in [0.25, 0.3) is 0 Å². The number of hydrogen-bond acceptors (Lipinski definition) is 5. The first-order valence-corrected chi connectivity index (χ1v) is 8.90. The number of ketones is 1. The van der Waals surface area contributed by atoms with Crippen molar-refractivity contribution < 1.29 is 14.0 Å². The summed E-state index contributed by atoms with van der Waals surface area (Å²) in [5, 5.41) is 2.96. The Bertz CT molecular complexity index is 763. The predicted molar refractivity (Wildman–Crippen MR) is 100 cm³/mol. The maximum Gasteiger partial charge on any atom is 0.238 e. The molecule has 1 fully saturated rings. The first-order chi connectivity index (χ1) is 12.5. The summed E-state index contributed by atoms with van der Waals surface area (Å²) < 4.78 is 5.14.